The van der Waals surface area contributed by atoms with Crippen molar-refractivity contribution in [2.24, 2.45) is 0 Å². The molecule has 1 aromatic carbocycles. The van der Waals surface area contributed by atoms with E-state index < -0.39 is 0 Å². The molecule has 1 N–H and O–H groups in total. The molecule has 3 heteroatoms. The van der Waals surface area contributed by atoms with Crippen LogP contribution in [0.1, 0.15) is 23.8 Å². The number of para-hydroxylation sites is 1. The third kappa shape index (κ3) is 2.26. The van der Waals surface area contributed by atoms with Gasteiger partial charge in [-0.15, -0.1) is 0 Å². The van der Waals surface area contributed by atoms with Crippen LogP contribution in [0.4, 0.5) is 5.69 Å². The zero-order valence-electron chi connectivity index (χ0n) is 11.5. The van der Waals surface area contributed by atoms with Gasteiger partial charge in [0.1, 0.15) is 5.76 Å². The number of nitrogens with zero attached hydrogens (tertiary/aromatic N) is 1. The maximum atomic E-state index is 5.55. The normalized spacial score (nSPS) is 17.8. The number of hydrogen-bond acceptors (Lipinski definition) is 3. The molecule has 0 amide bonds. The lowest BCUT2D eigenvalue weighted by Gasteiger charge is -2.24. The highest BCUT2D eigenvalue weighted by Crippen LogP contribution is 2.33. The van der Waals surface area contributed by atoms with Crippen molar-refractivity contribution in [2.75, 3.05) is 11.9 Å². The Morgan fingerprint density at radius 3 is 3.00 bits per heavy atom. The number of benzene rings is 1. The summed E-state index contributed by atoms with van der Waals surface area (Å²) in [5, 5.41) is 3.15. The van der Waals surface area contributed by atoms with Crippen molar-refractivity contribution >= 4 is 5.69 Å². The predicted octanol–water partition coefficient (Wildman–Crippen LogP) is 2.95. The van der Waals surface area contributed by atoms with Gasteiger partial charge in [0.25, 0.3) is 0 Å². The second kappa shape index (κ2) is 5.10. The van der Waals surface area contributed by atoms with Crippen LogP contribution in [0.15, 0.2) is 41.0 Å². The zero-order valence-corrected chi connectivity index (χ0v) is 11.5. The molecule has 100 valence electrons. The van der Waals surface area contributed by atoms with Crippen LogP contribution in [-0.4, -0.2) is 13.1 Å². The van der Waals surface area contributed by atoms with Gasteiger partial charge in [-0.1, -0.05) is 18.2 Å². The first-order chi connectivity index (χ1) is 9.29. The van der Waals surface area contributed by atoms with Crippen molar-refractivity contribution in [3.05, 3.63) is 53.5 Å². The molecule has 1 atom stereocenters. The molecule has 3 nitrogen and oxygen atoms in total. The lowest BCUT2D eigenvalue weighted by Crippen LogP contribution is -2.29. The standard InChI is InChI=1S/C16H20N2O/c1-12-9-13-5-3-4-6-15(13)18(12)11-14-7-8-19-16(14)10-17-2/h3-8,12,17H,9-11H2,1-2H3. The SMILES string of the molecule is CNCc1occc1CN1c2ccccc2CC1C. The highest BCUT2D eigenvalue weighted by molar-refractivity contribution is 5.59. The highest BCUT2D eigenvalue weighted by Gasteiger charge is 2.26. The maximum absolute atomic E-state index is 5.55. The lowest BCUT2D eigenvalue weighted by atomic mass is 10.1. The molecule has 0 saturated carbocycles. The minimum atomic E-state index is 0.551. The van der Waals surface area contributed by atoms with Crippen molar-refractivity contribution in [1.29, 1.82) is 0 Å². The summed E-state index contributed by atoms with van der Waals surface area (Å²) >= 11 is 0. The quantitative estimate of drug-likeness (QED) is 0.911. The van der Waals surface area contributed by atoms with Gasteiger partial charge in [0.05, 0.1) is 12.8 Å². The van der Waals surface area contributed by atoms with Gasteiger partial charge in [-0.25, -0.2) is 0 Å². The highest BCUT2D eigenvalue weighted by atomic mass is 16.3. The van der Waals surface area contributed by atoms with Crippen LogP contribution in [0.2, 0.25) is 0 Å². The van der Waals surface area contributed by atoms with Crippen LogP contribution in [0, 0.1) is 0 Å². The molecule has 0 fully saturated rings. The van der Waals surface area contributed by atoms with Crippen molar-refractivity contribution < 1.29 is 4.42 Å². The van der Waals surface area contributed by atoms with E-state index >= 15 is 0 Å². The molecule has 2 heterocycles. The van der Waals surface area contributed by atoms with E-state index in [9.17, 15) is 0 Å². The van der Waals surface area contributed by atoms with Gasteiger partial charge in [-0.05, 0) is 38.1 Å². The molecule has 0 bridgehead atoms. The minimum absolute atomic E-state index is 0.551. The maximum Gasteiger partial charge on any atom is 0.122 e. The van der Waals surface area contributed by atoms with Crippen LogP contribution in [-0.2, 0) is 19.5 Å². The Hall–Kier alpha value is -1.74. The van der Waals surface area contributed by atoms with E-state index in [1.165, 1.54) is 16.8 Å². The van der Waals surface area contributed by atoms with Gasteiger partial charge >= 0.3 is 0 Å². The average molecular weight is 256 g/mol. The summed E-state index contributed by atoms with van der Waals surface area (Å²) in [6.07, 6.45) is 2.92. The van der Waals surface area contributed by atoms with Crippen molar-refractivity contribution in [3.63, 3.8) is 0 Å². The number of furan rings is 1. The van der Waals surface area contributed by atoms with E-state index in [0.29, 0.717) is 6.04 Å². The fourth-order valence-electron chi connectivity index (χ4n) is 2.88. The molecular weight excluding hydrogens is 236 g/mol. The Bertz CT molecular complexity index is 561. The largest absolute Gasteiger partial charge is 0.468 e. The van der Waals surface area contributed by atoms with Gasteiger partial charge in [0, 0.05) is 23.8 Å². The lowest BCUT2D eigenvalue weighted by molar-refractivity contribution is 0.488. The van der Waals surface area contributed by atoms with E-state index in [1.807, 2.05) is 7.05 Å². The number of nitrogens with one attached hydrogen (secondary N) is 1. The molecule has 1 aliphatic heterocycles. The summed E-state index contributed by atoms with van der Waals surface area (Å²) in [5.74, 6) is 1.04. The van der Waals surface area contributed by atoms with Crippen LogP contribution >= 0.6 is 0 Å². The minimum Gasteiger partial charge on any atom is -0.468 e. The Morgan fingerprint density at radius 2 is 2.16 bits per heavy atom. The molecule has 0 aliphatic carbocycles. The Labute approximate surface area is 114 Å². The molecule has 3 rings (SSSR count). The van der Waals surface area contributed by atoms with Crippen molar-refractivity contribution in [2.45, 2.75) is 32.5 Å². The second-order valence-electron chi connectivity index (χ2n) is 5.21. The fraction of sp³-hybridized carbons (Fsp3) is 0.375. The summed E-state index contributed by atoms with van der Waals surface area (Å²) in [6.45, 7) is 4.00. The van der Waals surface area contributed by atoms with Crippen LogP contribution < -0.4 is 10.2 Å². The summed E-state index contributed by atoms with van der Waals surface area (Å²) < 4.78 is 5.55. The molecule has 2 aromatic rings. The van der Waals surface area contributed by atoms with Crippen molar-refractivity contribution in [1.82, 2.24) is 5.32 Å². The Kier molecular flexibility index (Phi) is 3.30. The molecule has 0 radical (unpaired) electrons. The van der Waals surface area contributed by atoms with Crippen LogP contribution in [0.3, 0.4) is 0 Å². The van der Waals surface area contributed by atoms with Gasteiger partial charge in [0.2, 0.25) is 0 Å². The Morgan fingerprint density at radius 1 is 1.32 bits per heavy atom. The van der Waals surface area contributed by atoms with Gasteiger partial charge in [-0.3, -0.25) is 0 Å². The predicted molar refractivity (Wildman–Crippen MR) is 77.3 cm³/mol. The summed E-state index contributed by atoms with van der Waals surface area (Å²) in [7, 11) is 1.94. The first-order valence-corrected chi connectivity index (χ1v) is 6.84. The monoisotopic (exact) mass is 256 g/mol. The fourth-order valence-corrected chi connectivity index (χ4v) is 2.88. The molecular formula is C16H20N2O. The zero-order chi connectivity index (χ0) is 13.2. The second-order valence-corrected chi connectivity index (χ2v) is 5.21. The van der Waals surface area contributed by atoms with Crippen LogP contribution in [0.5, 0.6) is 0 Å². The molecule has 0 saturated heterocycles. The van der Waals surface area contributed by atoms with Gasteiger partial charge < -0.3 is 14.6 Å². The van der Waals surface area contributed by atoms with E-state index in [2.05, 4.69) is 47.5 Å². The smallest absolute Gasteiger partial charge is 0.122 e. The van der Waals surface area contributed by atoms with E-state index in [0.717, 1.165) is 25.3 Å². The van der Waals surface area contributed by atoms with Gasteiger partial charge in [0.15, 0.2) is 0 Å². The molecule has 19 heavy (non-hydrogen) atoms. The summed E-state index contributed by atoms with van der Waals surface area (Å²) in [5.41, 5.74) is 4.10. The first-order valence-electron chi connectivity index (χ1n) is 6.84. The van der Waals surface area contributed by atoms with E-state index in [-0.39, 0.29) is 0 Å². The number of anilines is 1. The topological polar surface area (TPSA) is 28.4 Å². The van der Waals surface area contributed by atoms with Crippen LogP contribution in [0.25, 0.3) is 0 Å². The third-order valence-corrected chi connectivity index (χ3v) is 3.86. The summed E-state index contributed by atoms with van der Waals surface area (Å²) in [4.78, 5) is 2.47. The molecule has 0 spiro atoms. The summed E-state index contributed by atoms with van der Waals surface area (Å²) in [6, 6.07) is 11.3. The molecule has 1 aliphatic rings. The van der Waals surface area contributed by atoms with Gasteiger partial charge in [-0.2, -0.15) is 0 Å². The Balaban J connectivity index is 1.85. The number of hydrogen-bond donors (Lipinski definition) is 1. The number of rotatable bonds is 4. The molecule has 1 aromatic heterocycles. The van der Waals surface area contributed by atoms with E-state index in [4.69, 9.17) is 4.42 Å². The van der Waals surface area contributed by atoms with Crippen molar-refractivity contribution in [3.8, 4) is 0 Å². The van der Waals surface area contributed by atoms with E-state index in [1.54, 1.807) is 6.26 Å². The number of fused-ring (bicyclic) bond motifs is 1. The average Bonchev–Trinajstić information content (AvgIpc) is 2.97. The first kappa shape index (κ1) is 12.3. The molecule has 1 unspecified atom stereocenters. The third-order valence-electron chi connectivity index (χ3n) is 3.86.